The molecule has 0 saturated heterocycles. The molecule has 0 heterocycles. The first-order valence-electron chi connectivity index (χ1n) is 8.62. The molecule has 8 heteroatoms. The second-order valence-electron chi connectivity index (χ2n) is 7.17. The van der Waals surface area contributed by atoms with E-state index in [1.165, 1.54) is 18.4 Å². The van der Waals surface area contributed by atoms with Crippen LogP contribution in [0.1, 0.15) is 39.7 Å². The number of nitrogens with zero attached hydrogens (tertiary/aromatic N) is 1. The van der Waals surface area contributed by atoms with Crippen LogP contribution in [0.25, 0.3) is 0 Å². The molecule has 0 amide bonds. The number of nitrogens with one attached hydrogen (secondary N) is 2. The van der Waals surface area contributed by atoms with Gasteiger partial charge in [-0.1, -0.05) is 31.5 Å². The lowest BCUT2D eigenvalue weighted by Gasteiger charge is -2.25. The van der Waals surface area contributed by atoms with E-state index in [0.717, 1.165) is 5.56 Å². The topological polar surface area (TPSA) is 70.6 Å². The van der Waals surface area contributed by atoms with Crippen LogP contribution in [0.15, 0.2) is 23.2 Å². The summed E-state index contributed by atoms with van der Waals surface area (Å²) < 4.78 is 35.9. The van der Waals surface area contributed by atoms with E-state index in [4.69, 9.17) is 11.6 Å². The molecule has 26 heavy (non-hydrogen) atoms. The summed E-state index contributed by atoms with van der Waals surface area (Å²) >= 11 is 6.18. The normalized spacial score (nSPS) is 14.2. The van der Waals surface area contributed by atoms with Crippen LogP contribution in [-0.4, -0.2) is 45.5 Å². The van der Waals surface area contributed by atoms with Gasteiger partial charge in [0, 0.05) is 29.3 Å². The Morgan fingerprint density at radius 1 is 1.38 bits per heavy atom. The molecule has 0 bridgehead atoms. The van der Waals surface area contributed by atoms with Crippen LogP contribution in [0.4, 0.5) is 4.39 Å². The Kier molecular flexibility index (Phi) is 8.34. The largest absolute Gasteiger partial charge is 0.357 e. The molecule has 0 fully saturated rings. The number of rotatable bonds is 8. The molecule has 5 nitrogen and oxygen atoms in total. The Labute approximate surface area is 161 Å². The van der Waals surface area contributed by atoms with Crippen LogP contribution in [0, 0.1) is 5.82 Å². The smallest absolute Gasteiger partial charge is 0.191 e. The summed E-state index contributed by atoms with van der Waals surface area (Å²) in [4.78, 5) is 4.60. The van der Waals surface area contributed by atoms with E-state index in [0.29, 0.717) is 30.5 Å². The highest BCUT2D eigenvalue weighted by atomic mass is 35.5. The van der Waals surface area contributed by atoms with E-state index in [2.05, 4.69) is 15.6 Å². The van der Waals surface area contributed by atoms with Crippen LogP contribution < -0.4 is 10.6 Å². The molecule has 148 valence electrons. The maximum Gasteiger partial charge on any atom is 0.191 e. The molecule has 1 aromatic carbocycles. The zero-order chi connectivity index (χ0) is 20.0. The molecule has 0 spiro atoms. The predicted octanol–water partition coefficient (Wildman–Crippen LogP) is 3.14. The number of benzene rings is 1. The molecule has 0 aliphatic rings. The average molecular weight is 406 g/mol. The Morgan fingerprint density at radius 2 is 2.04 bits per heavy atom. The third-order valence-corrected chi connectivity index (χ3v) is 5.23. The van der Waals surface area contributed by atoms with Crippen LogP contribution >= 0.6 is 11.6 Å². The van der Waals surface area contributed by atoms with Gasteiger partial charge in [-0.05, 0) is 38.0 Å². The highest BCUT2D eigenvalue weighted by Gasteiger charge is 2.24. The Morgan fingerprint density at radius 3 is 2.58 bits per heavy atom. The lowest BCUT2D eigenvalue weighted by atomic mass is 9.84. The predicted molar refractivity (Wildman–Crippen MR) is 107 cm³/mol. The van der Waals surface area contributed by atoms with Gasteiger partial charge in [0.2, 0.25) is 0 Å². The first kappa shape index (κ1) is 22.7. The lowest BCUT2D eigenvalue weighted by molar-refractivity contribution is 0.531. The van der Waals surface area contributed by atoms with Gasteiger partial charge in [-0.15, -0.1) is 0 Å². The van der Waals surface area contributed by atoms with Gasteiger partial charge in [-0.25, -0.2) is 12.8 Å². The number of sulfone groups is 1. The molecule has 1 unspecified atom stereocenters. The fourth-order valence-corrected chi connectivity index (χ4v) is 3.62. The number of hydrogen-bond donors (Lipinski definition) is 2. The highest BCUT2D eigenvalue weighted by molar-refractivity contribution is 7.90. The molecular formula is C18H29ClFN3O2S. The highest BCUT2D eigenvalue weighted by Crippen LogP contribution is 2.30. The molecule has 0 radical (unpaired) electrons. The van der Waals surface area contributed by atoms with Crippen molar-refractivity contribution in [2.75, 3.05) is 25.1 Å². The Bertz CT molecular complexity index is 736. The van der Waals surface area contributed by atoms with Gasteiger partial charge in [0.05, 0.1) is 12.3 Å². The summed E-state index contributed by atoms with van der Waals surface area (Å²) in [6.07, 6.45) is 1.73. The second-order valence-corrected chi connectivity index (χ2v) is 9.83. The zero-order valence-corrected chi connectivity index (χ0v) is 17.6. The average Bonchev–Trinajstić information content (AvgIpc) is 2.50. The molecule has 0 aliphatic carbocycles. The van der Waals surface area contributed by atoms with Gasteiger partial charge in [0.15, 0.2) is 5.96 Å². The summed E-state index contributed by atoms with van der Waals surface area (Å²) in [6, 6.07) is 4.34. The maximum atomic E-state index is 13.3. The van der Waals surface area contributed by atoms with E-state index < -0.39 is 9.84 Å². The lowest BCUT2D eigenvalue weighted by Crippen LogP contribution is -2.43. The van der Waals surface area contributed by atoms with Crippen molar-refractivity contribution in [3.63, 3.8) is 0 Å². The van der Waals surface area contributed by atoms with Crippen molar-refractivity contribution >= 4 is 27.4 Å². The standard InChI is InChI=1S/C18H29ClFN3O2S/c1-6-21-17(23-13(2)9-10-26(5,24)25)22-12-18(3,4)15-8-7-14(20)11-16(15)19/h7-8,11,13H,6,9-10,12H2,1-5H3,(H2,21,22,23). The molecule has 1 rings (SSSR count). The quantitative estimate of drug-likeness (QED) is 0.515. The number of halogens is 2. The van der Waals surface area contributed by atoms with Crippen LogP contribution in [0.2, 0.25) is 5.02 Å². The third-order valence-electron chi connectivity index (χ3n) is 3.94. The van der Waals surface area contributed by atoms with Gasteiger partial charge in [-0.3, -0.25) is 4.99 Å². The molecule has 1 aromatic rings. The van der Waals surface area contributed by atoms with Crippen molar-refractivity contribution in [1.29, 1.82) is 0 Å². The van der Waals surface area contributed by atoms with Gasteiger partial charge in [-0.2, -0.15) is 0 Å². The summed E-state index contributed by atoms with van der Waals surface area (Å²) in [7, 11) is -2.99. The minimum absolute atomic E-state index is 0.0416. The van der Waals surface area contributed by atoms with E-state index in [1.54, 1.807) is 6.07 Å². The fourth-order valence-electron chi connectivity index (χ4n) is 2.42. The van der Waals surface area contributed by atoms with Gasteiger partial charge in [0.25, 0.3) is 0 Å². The summed E-state index contributed by atoms with van der Waals surface area (Å²) in [5.74, 6) is 0.365. The van der Waals surface area contributed by atoms with Crippen molar-refractivity contribution in [2.24, 2.45) is 4.99 Å². The third kappa shape index (κ3) is 7.91. The monoisotopic (exact) mass is 405 g/mol. The van der Waals surface area contributed by atoms with Crippen LogP contribution in [-0.2, 0) is 15.3 Å². The van der Waals surface area contributed by atoms with Crippen molar-refractivity contribution < 1.29 is 12.8 Å². The van der Waals surface area contributed by atoms with E-state index in [9.17, 15) is 12.8 Å². The van der Waals surface area contributed by atoms with E-state index in [-0.39, 0.29) is 23.0 Å². The van der Waals surface area contributed by atoms with Gasteiger partial charge in [0.1, 0.15) is 15.7 Å². The van der Waals surface area contributed by atoms with Crippen molar-refractivity contribution in [3.8, 4) is 0 Å². The first-order chi connectivity index (χ1) is 11.9. The molecule has 1 atom stereocenters. The van der Waals surface area contributed by atoms with E-state index in [1.807, 2.05) is 27.7 Å². The second kappa shape index (κ2) is 9.55. The van der Waals surface area contributed by atoms with Gasteiger partial charge >= 0.3 is 0 Å². The fraction of sp³-hybridized carbons (Fsp3) is 0.611. The van der Waals surface area contributed by atoms with Crippen molar-refractivity contribution in [1.82, 2.24) is 10.6 Å². The minimum atomic E-state index is -2.99. The van der Waals surface area contributed by atoms with Crippen LogP contribution in [0.5, 0.6) is 0 Å². The maximum absolute atomic E-state index is 13.3. The molecule has 0 aromatic heterocycles. The van der Waals surface area contributed by atoms with Gasteiger partial charge < -0.3 is 10.6 Å². The van der Waals surface area contributed by atoms with Crippen molar-refractivity contribution in [2.45, 2.75) is 45.6 Å². The summed E-state index contributed by atoms with van der Waals surface area (Å²) in [5, 5.41) is 6.75. The molecule has 0 aliphatic heterocycles. The Balaban J connectivity index is 2.83. The number of aliphatic imine (C=N–C) groups is 1. The Hall–Kier alpha value is -1.34. The van der Waals surface area contributed by atoms with Crippen molar-refractivity contribution in [3.05, 3.63) is 34.6 Å². The number of guanidine groups is 1. The minimum Gasteiger partial charge on any atom is -0.357 e. The molecule has 2 N–H and O–H groups in total. The summed E-state index contributed by atoms with van der Waals surface area (Å²) in [5.41, 5.74) is 0.439. The first-order valence-corrected chi connectivity index (χ1v) is 11.1. The molecule has 0 saturated carbocycles. The number of hydrogen-bond acceptors (Lipinski definition) is 3. The summed E-state index contributed by atoms with van der Waals surface area (Å²) in [6.45, 7) is 8.98. The SMILES string of the molecule is CCNC(=NCC(C)(C)c1ccc(F)cc1Cl)NC(C)CCS(C)(=O)=O. The van der Waals surface area contributed by atoms with Crippen LogP contribution in [0.3, 0.4) is 0 Å². The molecular weight excluding hydrogens is 377 g/mol. The van der Waals surface area contributed by atoms with E-state index >= 15 is 0 Å². The zero-order valence-electron chi connectivity index (χ0n) is 16.1.